The number of rotatable bonds is 6. The zero-order valence-corrected chi connectivity index (χ0v) is 13.3. The van der Waals surface area contributed by atoms with E-state index in [2.05, 4.69) is 5.32 Å². The van der Waals surface area contributed by atoms with Gasteiger partial charge in [0.1, 0.15) is 0 Å². The van der Waals surface area contributed by atoms with Gasteiger partial charge in [-0.15, -0.1) is 0 Å². The van der Waals surface area contributed by atoms with E-state index >= 15 is 0 Å². The van der Waals surface area contributed by atoms with Crippen molar-refractivity contribution in [3.05, 3.63) is 34.9 Å². The van der Waals surface area contributed by atoms with Crippen molar-refractivity contribution in [2.75, 3.05) is 12.9 Å². The Bertz CT molecular complexity index is 487. The highest BCUT2D eigenvalue weighted by atomic mass is 35.5. The summed E-state index contributed by atoms with van der Waals surface area (Å²) < 4.78 is 0. The van der Waals surface area contributed by atoms with Crippen molar-refractivity contribution in [1.82, 2.24) is 5.32 Å². The molecule has 1 amide bonds. The number of thioether (sulfide) groups is 1. The Morgan fingerprint density at radius 2 is 2.25 bits per heavy atom. The van der Waals surface area contributed by atoms with Crippen molar-refractivity contribution >= 4 is 29.3 Å². The molecule has 3 nitrogen and oxygen atoms in total. The summed E-state index contributed by atoms with van der Waals surface area (Å²) in [5.74, 6) is 0.0415. The first-order valence-corrected chi connectivity index (χ1v) is 8.41. The summed E-state index contributed by atoms with van der Waals surface area (Å²) in [5.41, 5.74) is 0.566. The normalized spacial score (nSPS) is 19.2. The fourth-order valence-corrected chi connectivity index (χ4v) is 3.25. The number of halogens is 1. The van der Waals surface area contributed by atoms with E-state index in [1.54, 1.807) is 11.8 Å². The van der Waals surface area contributed by atoms with Crippen LogP contribution in [0.5, 0.6) is 0 Å². The number of aliphatic hydroxyl groups excluding tert-OH is 1. The van der Waals surface area contributed by atoms with Gasteiger partial charge in [-0.25, -0.2) is 0 Å². The standard InChI is InChI=1S/C15H20ClNO2S/c1-10(13(9-18)20-2)17-14(19)15(6-7-15)11-4-3-5-12(16)8-11/h3-5,8,10,13,18H,6-7,9H2,1-2H3,(H,17,19)/t10-,13-/m1/s1. The molecule has 0 saturated heterocycles. The Balaban J connectivity index is 2.09. The first-order valence-electron chi connectivity index (χ1n) is 6.74. The van der Waals surface area contributed by atoms with Crippen LogP contribution in [0.1, 0.15) is 25.3 Å². The van der Waals surface area contributed by atoms with Gasteiger partial charge in [-0.1, -0.05) is 23.7 Å². The highest BCUT2D eigenvalue weighted by molar-refractivity contribution is 7.99. The Labute approximate surface area is 129 Å². The van der Waals surface area contributed by atoms with E-state index in [1.165, 1.54) is 0 Å². The molecule has 0 radical (unpaired) electrons. The first-order chi connectivity index (χ1) is 9.53. The predicted molar refractivity (Wildman–Crippen MR) is 84.4 cm³/mol. The largest absolute Gasteiger partial charge is 0.395 e. The van der Waals surface area contributed by atoms with E-state index in [1.807, 2.05) is 37.4 Å². The zero-order chi connectivity index (χ0) is 14.8. The van der Waals surface area contributed by atoms with Crippen LogP contribution in [-0.2, 0) is 10.2 Å². The molecule has 2 rings (SSSR count). The van der Waals surface area contributed by atoms with Gasteiger partial charge < -0.3 is 10.4 Å². The van der Waals surface area contributed by atoms with Crippen molar-refractivity contribution < 1.29 is 9.90 Å². The number of hydrogen-bond donors (Lipinski definition) is 2. The van der Waals surface area contributed by atoms with Crippen LogP contribution in [0.2, 0.25) is 5.02 Å². The van der Waals surface area contributed by atoms with Crippen molar-refractivity contribution in [2.45, 2.75) is 36.5 Å². The smallest absolute Gasteiger partial charge is 0.230 e. The molecule has 1 saturated carbocycles. The van der Waals surface area contributed by atoms with Gasteiger partial charge in [0.2, 0.25) is 5.91 Å². The molecule has 1 aliphatic carbocycles. The number of hydrogen-bond acceptors (Lipinski definition) is 3. The maximum Gasteiger partial charge on any atom is 0.230 e. The molecule has 0 bridgehead atoms. The fourth-order valence-electron chi connectivity index (χ4n) is 2.43. The van der Waals surface area contributed by atoms with Gasteiger partial charge >= 0.3 is 0 Å². The van der Waals surface area contributed by atoms with Gasteiger partial charge in [0.25, 0.3) is 0 Å². The van der Waals surface area contributed by atoms with Gasteiger partial charge in [0, 0.05) is 16.3 Å². The van der Waals surface area contributed by atoms with Gasteiger partial charge in [-0.05, 0) is 43.7 Å². The van der Waals surface area contributed by atoms with Crippen LogP contribution in [0.25, 0.3) is 0 Å². The monoisotopic (exact) mass is 313 g/mol. The third kappa shape index (κ3) is 3.13. The Morgan fingerprint density at radius 1 is 1.55 bits per heavy atom. The quantitative estimate of drug-likeness (QED) is 0.848. The lowest BCUT2D eigenvalue weighted by atomic mass is 9.94. The average Bonchev–Trinajstić information content (AvgIpc) is 3.21. The number of nitrogens with one attached hydrogen (secondary N) is 1. The van der Waals surface area contributed by atoms with Gasteiger partial charge in [0.05, 0.1) is 12.0 Å². The van der Waals surface area contributed by atoms with E-state index in [9.17, 15) is 9.90 Å². The Morgan fingerprint density at radius 3 is 2.75 bits per heavy atom. The summed E-state index contributed by atoms with van der Waals surface area (Å²) >= 11 is 7.58. The van der Waals surface area contributed by atoms with Crippen LogP contribution < -0.4 is 5.32 Å². The van der Waals surface area contributed by atoms with Crippen LogP contribution in [0.15, 0.2) is 24.3 Å². The molecule has 0 unspecified atom stereocenters. The van der Waals surface area contributed by atoms with Crippen molar-refractivity contribution in [2.24, 2.45) is 0 Å². The summed E-state index contributed by atoms with van der Waals surface area (Å²) in [6.07, 6.45) is 3.65. The topological polar surface area (TPSA) is 49.3 Å². The molecule has 5 heteroatoms. The highest BCUT2D eigenvalue weighted by Gasteiger charge is 2.51. The molecule has 1 aromatic rings. The Kier molecular flexibility index (Phi) is 4.99. The SMILES string of the molecule is CS[C@H](CO)[C@@H](C)NC(=O)C1(c2cccc(Cl)c2)CC1. The van der Waals surface area contributed by atoms with E-state index in [0.717, 1.165) is 18.4 Å². The number of carbonyl (C=O) groups excluding carboxylic acids is 1. The van der Waals surface area contributed by atoms with E-state index in [4.69, 9.17) is 11.6 Å². The molecule has 0 heterocycles. The summed E-state index contributed by atoms with van der Waals surface area (Å²) in [4.78, 5) is 12.5. The summed E-state index contributed by atoms with van der Waals surface area (Å²) in [6.45, 7) is 2.00. The summed E-state index contributed by atoms with van der Waals surface area (Å²) in [6, 6.07) is 7.47. The lowest BCUT2D eigenvalue weighted by Crippen LogP contribution is -2.45. The van der Waals surface area contributed by atoms with Crippen LogP contribution in [0.3, 0.4) is 0 Å². The molecular weight excluding hydrogens is 294 g/mol. The number of amides is 1. The zero-order valence-electron chi connectivity index (χ0n) is 11.7. The second-order valence-corrected chi connectivity index (χ2v) is 6.82. The van der Waals surface area contributed by atoms with E-state index in [0.29, 0.717) is 5.02 Å². The minimum atomic E-state index is -0.419. The third-order valence-corrected chi connectivity index (χ3v) is 5.36. The number of benzene rings is 1. The third-order valence-electron chi connectivity index (χ3n) is 3.96. The molecule has 0 aromatic heterocycles. The molecule has 1 aliphatic rings. The van der Waals surface area contributed by atoms with Crippen molar-refractivity contribution in [3.63, 3.8) is 0 Å². The van der Waals surface area contributed by atoms with Gasteiger partial charge in [0.15, 0.2) is 0 Å². The summed E-state index contributed by atoms with van der Waals surface area (Å²) in [7, 11) is 0. The molecular formula is C15H20ClNO2S. The van der Waals surface area contributed by atoms with Crippen LogP contribution in [-0.4, -0.2) is 35.2 Å². The lowest BCUT2D eigenvalue weighted by Gasteiger charge is -2.24. The molecule has 20 heavy (non-hydrogen) atoms. The number of aliphatic hydroxyl groups is 1. The van der Waals surface area contributed by atoms with E-state index < -0.39 is 5.41 Å². The number of carbonyl (C=O) groups is 1. The lowest BCUT2D eigenvalue weighted by molar-refractivity contribution is -0.124. The predicted octanol–water partition coefficient (Wildman–Crippen LogP) is 2.60. The second-order valence-electron chi connectivity index (χ2n) is 5.31. The maximum absolute atomic E-state index is 12.5. The van der Waals surface area contributed by atoms with Crippen LogP contribution in [0.4, 0.5) is 0 Å². The molecule has 1 aromatic carbocycles. The average molecular weight is 314 g/mol. The van der Waals surface area contributed by atoms with E-state index in [-0.39, 0.29) is 23.8 Å². The van der Waals surface area contributed by atoms with Crippen molar-refractivity contribution in [3.8, 4) is 0 Å². The highest BCUT2D eigenvalue weighted by Crippen LogP contribution is 2.49. The molecule has 2 atom stereocenters. The maximum atomic E-state index is 12.5. The second kappa shape index (κ2) is 6.37. The van der Waals surface area contributed by atoms with Crippen molar-refractivity contribution in [1.29, 1.82) is 0 Å². The van der Waals surface area contributed by atoms with Crippen LogP contribution >= 0.6 is 23.4 Å². The minimum absolute atomic E-state index is 0.0223. The Hall–Kier alpha value is -0.710. The minimum Gasteiger partial charge on any atom is -0.395 e. The van der Waals surface area contributed by atoms with Gasteiger partial charge in [-0.3, -0.25) is 4.79 Å². The molecule has 2 N–H and O–H groups in total. The molecule has 0 spiro atoms. The molecule has 110 valence electrons. The van der Waals surface area contributed by atoms with Crippen LogP contribution in [0, 0.1) is 0 Å². The van der Waals surface area contributed by atoms with Gasteiger partial charge in [-0.2, -0.15) is 11.8 Å². The fraction of sp³-hybridized carbons (Fsp3) is 0.533. The first kappa shape index (κ1) is 15.7. The molecule has 1 fully saturated rings. The molecule has 0 aliphatic heterocycles. The summed E-state index contributed by atoms with van der Waals surface area (Å²) in [5, 5.41) is 13.0.